The Morgan fingerprint density at radius 3 is 2.44 bits per heavy atom. The standard InChI is InChI=1S/C28H25N3O3/c1-34-20-13-11-19(12-14-20)27-26-22(21-9-5-6-10-23(21)29-26)15-24-28(33)31(25(32)17-30(24)27)16-18-7-3-2-4-8-18/h2-14,24,27,29H,15-17H2,1H3. The number of nitrogens with zero attached hydrogens (tertiary/aromatic N) is 2. The number of carbonyl (C=O) groups excluding carboxylic acids is 2. The summed E-state index contributed by atoms with van der Waals surface area (Å²) in [5.41, 5.74) is 5.23. The molecule has 3 heterocycles. The first-order valence-electron chi connectivity index (χ1n) is 11.5. The predicted molar refractivity (Wildman–Crippen MR) is 129 cm³/mol. The Kier molecular flexibility index (Phi) is 4.96. The molecule has 6 heteroatoms. The van der Waals surface area contributed by atoms with Crippen LogP contribution in [0.4, 0.5) is 0 Å². The Labute approximate surface area is 197 Å². The van der Waals surface area contributed by atoms with Crippen LogP contribution in [0.15, 0.2) is 78.9 Å². The summed E-state index contributed by atoms with van der Waals surface area (Å²) >= 11 is 0. The predicted octanol–water partition coefficient (Wildman–Crippen LogP) is 4.06. The molecule has 3 aromatic carbocycles. The van der Waals surface area contributed by atoms with E-state index < -0.39 is 6.04 Å². The first-order chi connectivity index (χ1) is 16.6. The number of aromatic nitrogens is 1. The van der Waals surface area contributed by atoms with Crippen LogP contribution in [-0.4, -0.2) is 46.3 Å². The van der Waals surface area contributed by atoms with Crippen LogP contribution in [0.1, 0.15) is 28.4 Å². The minimum Gasteiger partial charge on any atom is -0.497 e. The number of ether oxygens (including phenoxy) is 1. The smallest absolute Gasteiger partial charge is 0.247 e. The van der Waals surface area contributed by atoms with Crippen molar-refractivity contribution in [3.8, 4) is 5.75 Å². The van der Waals surface area contributed by atoms with Gasteiger partial charge in [0.2, 0.25) is 11.8 Å². The Morgan fingerprint density at radius 1 is 0.941 bits per heavy atom. The van der Waals surface area contributed by atoms with E-state index in [2.05, 4.69) is 22.0 Å². The zero-order valence-corrected chi connectivity index (χ0v) is 18.9. The van der Waals surface area contributed by atoms with E-state index in [0.29, 0.717) is 13.0 Å². The van der Waals surface area contributed by atoms with Crippen LogP contribution in [0.3, 0.4) is 0 Å². The largest absolute Gasteiger partial charge is 0.497 e. The van der Waals surface area contributed by atoms with Crippen LogP contribution in [-0.2, 0) is 22.6 Å². The fourth-order valence-electron chi connectivity index (χ4n) is 5.38. The van der Waals surface area contributed by atoms with Gasteiger partial charge in [-0.1, -0.05) is 60.7 Å². The second-order valence-electron chi connectivity index (χ2n) is 8.93. The van der Waals surface area contributed by atoms with E-state index in [1.165, 1.54) is 4.90 Å². The third-order valence-electron chi connectivity index (χ3n) is 7.03. The topological polar surface area (TPSA) is 65.6 Å². The number of para-hydroxylation sites is 1. The van der Waals surface area contributed by atoms with Gasteiger partial charge in [-0.2, -0.15) is 0 Å². The van der Waals surface area contributed by atoms with Crippen molar-refractivity contribution in [3.05, 3.63) is 101 Å². The molecule has 2 amide bonds. The van der Waals surface area contributed by atoms with Gasteiger partial charge in [-0.15, -0.1) is 0 Å². The molecule has 2 aliphatic heterocycles. The summed E-state index contributed by atoms with van der Waals surface area (Å²) < 4.78 is 5.35. The number of hydrogen-bond donors (Lipinski definition) is 1. The maximum absolute atomic E-state index is 13.8. The lowest BCUT2D eigenvalue weighted by molar-refractivity contribution is -0.158. The highest BCUT2D eigenvalue weighted by atomic mass is 16.5. The molecule has 0 bridgehead atoms. The zero-order valence-electron chi connectivity index (χ0n) is 18.9. The molecule has 6 nitrogen and oxygen atoms in total. The molecule has 2 atom stereocenters. The normalized spacial score (nSPS) is 20.3. The minimum absolute atomic E-state index is 0.130. The lowest BCUT2D eigenvalue weighted by Gasteiger charge is -2.46. The highest BCUT2D eigenvalue weighted by molar-refractivity contribution is 6.02. The fourth-order valence-corrected chi connectivity index (χ4v) is 5.38. The molecular formula is C28H25N3O3. The van der Waals surface area contributed by atoms with Gasteiger partial charge in [-0.25, -0.2) is 0 Å². The molecule has 0 aliphatic carbocycles. The van der Waals surface area contributed by atoms with Gasteiger partial charge in [0.15, 0.2) is 0 Å². The van der Waals surface area contributed by atoms with E-state index in [0.717, 1.165) is 39.0 Å². The Balaban J connectivity index is 1.45. The number of rotatable bonds is 4. The van der Waals surface area contributed by atoms with Crippen molar-refractivity contribution >= 4 is 22.7 Å². The number of benzene rings is 3. The van der Waals surface area contributed by atoms with Gasteiger partial charge in [-0.3, -0.25) is 19.4 Å². The SMILES string of the molecule is COc1ccc(C2c3[nH]c4ccccc4c3CC3C(=O)N(Cc4ccccc4)C(=O)CN32)cc1. The lowest BCUT2D eigenvalue weighted by Crippen LogP contribution is -2.62. The number of nitrogens with one attached hydrogen (secondary N) is 1. The molecule has 170 valence electrons. The molecule has 2 unspecified atom stereocenters. The molecule has 6 rings (SSSR count). The molecular weight excluding hydrogens is 426 g/mol. The number of imide groups is 1. The van der Waals surface area contributed by atoms with Crippen molar-refractivity contribution in [2.24, 2.45) is 0 Å². The molecule has 1 fully saturated rings. The monoisotopic (exact) mass is 451 g/mol. The van der Waals surface area contributed by atoms with Crippen molar-refractivity contribution in [2.75, 3.05) is 13.7 Å². The second-order valence-corrected chi connectivity index (χ2v) is 8.93. The maximum atomic E-state index is 13.8. The van der Waals surface area contributed by atoms with Crippen molar-refractivity contribution in [2.45, 2.75) is 25.0 Å². The van der Waals surface area contributed by atoms with Crippen LogP contribution < -0.4 is 4.74 Å². The maximum Gasteiger partial charge on any atom is 0.247 e. The molecule has 4 aromatic rings. The van der Waals surface area contributed by atoms with E-state index in [4.69, 9.17) is 4.74 Å². The Hall–Kier alpha value is -3.90. The molecule has 0 radical (unpaired) electrons. The van der Waals surface area contributed by atoms with Crippen molar-refractivity contribution in [3.63, 3.8) is 0 Å². The zero-order chi connectivity index (χ0) is 23.2. The molecule has 1 saturated heterocycles. The average Bonchev–Trinajstić information content (AvgIpc) is 3.24. The van der Waals surface area contributed by atoms with Crippen LogP contribution in [0.5, 0.6) is 5.75 Å². The van der Waals surface area contributed by atoms with Crippen LogP contribution in [0.25, 0.3) is 10.9 Å². The average molecular weight is 452 g/mol. The van der Waals surface area contributed by atoms with Gasteiger partial charge >= 0.3 is 0 Å². The summed E-state index contributed by atoms with van der Waals surface area (Å²) in [7, 11) is 1.64. The number of hydrogen-bond acceptors (Lipinski definition) is 4. The molecule has 1 aromatic heterocycles. The first-order valence-corrected chi connectivity index (χ1v) is 11.5. The van der Waals surface area contributed by atoms with Gasteiger partial charge < -0.3 is 9.72 Å². The van der Waals surface area contributed by atoms with E-state index in [-0.39, 0.29) is 24.4 Å². The van der Waals surface area contributed by atoms with Gasteiger partial charge in [0.1, 0.15) is 5.75 Å². The van der Waals surface area contributed by atoms with Crippen molar-refractivity contribution in [1.29, 1.82) is 0 Å². The number of H-pyrrole nitrogens is 1. The molecule has 0 spiro atoms. The van der Waals surface area contributed by atoms with Gasteiger partial charge in [0, 0.05) is 16.6 Å². The summed E-state index contributed by atoms with van der Waals surface area (Å²) in [5, 5.41) is 1.13. The van der Waals surface area contributed by atoms with Gasteiger partial charge in [0.05, 0.1) is 32.3 Å². The number of fused-ring (bicyclic) bond motifs is 4. The van der Waals surface area contributed by atoms with Crippen LogP contribution in [0.2, 0.25) is 0 Å². The molecule has 2 aliphatic rings. The lowest BCUT2D eigenvalue weighted by atomic mass is 9.86. The Morgan fingerprint density at radius 2 is 1.68 bits per heavy atom. The van der Waals surface area contributed by atoms with Gasteiger partial charge in [0.25, 0.3) is 0 Å². The first kappa shape index (κ1) is 20.7. The molecule has 0 saturated carbocycles. The highest BCUT2D eigenvalue weighted by Gasteiger charge is 2.47. The van der Waals surface area contributed by atoms with E-state index in [1.807, 2.05) is 66.7 Å². The third-order valence-corrected chi connectivity index (χ3v) is 7.03. The third kappa shape index (κ3) is 3.30. The van der Waals surface area contributed by atoms with Crippen molar-refractivity contribution in [1.82, 2.24) is 14.8 Å². The number of aromatic amines is 1. The number of amides is 2. The summed E-state index contributed by atoms with van der Waals surface area (Å²) in [5.74, 6) is 0.477. The molecule has 1 N–H and O–H groups in total. The van der Waals surface area contributed by atoms with Crippen LogP contribution >= 0.6 is 0 Å². The number of carbonyl (C=O) groups is 2. The summed E-state index contributed by atoms with van der Waals surface area (Å²) in [6, 6.07) is 25.2. The molecule has 34 heavy (non-hydrogen) atoms. The minimum atomic E-state index is -0.403. The number of piperazine rings is 1. The quantitative estimate of drug-likeness (QED) is 0.475. The van der Waals surface area contributed by atoms with E-state index in [9.17, 15) is 9.59 Å². The Bertz CT molecular complexity index is 1380. The van der Waals surface area contributed by atoms with E-state index >= 15 is 0 Å². The summed E-state index contributed by atoms with van der Waals surface area (Å²) in [6.45, 7) is 0.492. The van der Waals surface area contributed by atoms with Crippen LogP contribution in [0, 0.1) is 0 Å². The van der Waals surface area contributed by atoms with Gasteiger partial charge in [-0.05, 0) is 41.3 Å². The summed E-state index contributed by atoms with van der Waals surface area (Å²) in [6.07, 6.45) is 0.573. The fraction of sp³-hybridized carbons (Fsp3) is 0.214. The highest BCUT2D eigenvalue weighted by Crippen LogP contribution is 2.42. The number of methoxy groups -OCH3 is 1. The second kappa shape index (κ2) is 8.15. The van der Waals surface area contributed by atoms with Crippen molar-refractivity contribution < 1.29 is 14.3 Å². The van der Waals surface area contributed by atoms with E-state index in [1.54, 1.807) is 7.11 Å². The summed E-state index contributed by atoms with van der Waals surface area (Å²) in [4.78, 5) is 34.1.